The third kappa shape index (κ3) is 3.92. The van der Waals surface area contributed by atoms with E-state index in [-0.39, 0.29) is 12.6 Å². The maximum atomic E-state index is 8.91. The number of aryl methyl sites for hydroxylation is 2. The van der Waals surface area contributed by atoms with Crippen LogP contribution in [0.4, 0.5) is 0 Å². The number of aliphatic hydroxyl groups excluding tert-OH is 1. The molecule has 0 aliphatic carbocycles. The van der Waals surface area contributed by atoms with Crippen LogP contribution in [0.3, 0.4) is 0 Å². The van der Waals surface area contributed by atoms with E-state index >= 15 is 0 Å². The van der Waals surface area contributed by atoms with Gasteiger partial charge in [0.1, 0.15) is 0 Å². The topological polar surface area (TPSA) is 59.3 Å². The van der Waals surface area contributed by atoms with Gasteiger partial charge in [-0.1, -0.05) is 0 Å². The second-order valence-corrected chi connectivity index (χ2v) is 3.95. The largest absolute Gasteiger partial charge is 0.396 e. The Bertz CT molecular complexity index is 306. The van der Waals surface area contributed by atoms with Crippen LogP contribution in [-0.2, 0) is 18.3 Å². The standard InChI is InChI=1S/C11H21N3O2/c1-9-6-11(14(2)13-9)7-12-10(4-5-15)8-16-3/h6,10,12,15H,4-5,7-8H2,1-3H3. The van der Waals surface area contributed by atoms with Crippen molar-refractivity contribution >= 4 is 0 Å². The van der Waals surface area contributed by atoms with Gasteiger partial charge in [-0.25, -0.2) is 0 Å². The maximum Gasteiger partial charge on any atom is 0.0616 e. The predicted molar refractivity (Wildman–Crippen MR) is 62.2 cm³/mol. The zero-order valence-electron chi connectivity index (χ0n) is 10.2. The fourth-order valence-corrected chi connectivity index (χ4v) is 1.68. The van der Waals surface area contributed by atoms with Gasteiger partial charge in [0.25, 0.3) is 0 Å². The van der Waals surface area contributed by atoms with E-state index in [9.17, 15) is 0 Å². The summed E-state index contributed by atoms with van der Waals surface area (Å²) in [5, 5.41) is 16.5. The zero-order valence-corrected chi connectivity index (χ0v) is 10.2. The highest BCUT2D eigenvalue weighted by molar-refractivity contribution is 5.08. The normalized spacial score (nSPS) is 13.0. The lowest BCUT2D eigenvalue weighted by Crippen LogP contribution is -2.34. The molecule has 1 aromatic heterocycles. The Morgan fingerprint density at radius 2 is 2.38 bits per heavy atom. The number of aromatic nitrogens is 2. The molecule has 1 rings (SSSR count). The highest BCUT2D eigenvalue weighted by atomic mass is 16.5. The Labute approximate surface area is 96.4 Å². The quantitative estimate of drug-likeness (QED) is 0.699. The van der Waals surface area contributed by atoms with E-state index in [1.165, 1.54) is 0 Å². The Balaban J connectivity index is 2.44. The Morgan fingerprint density at radius 3 is 2.88 bits per heavy atom. The van der Waals surface area contributed by atoms with Crippen molar-refractivity contribution in [2.24, 2.45) is 7.05 Å². The summed E-state index contributed by atoms with van der Waals surface area (Å²) in [6, 6.07) is 2.24. The summed E-state index contributed by atoms with van der Waals surface area (Å²) < 4.78 is 6.95. The molecular formula is C11H21N3O2. The molecule has 5 nitrogen and oxygen atoms in total. The molecule has 0 aliphatic heterocycles. The molecule has 1 unspecified atom stereocenters. The van der Waals surface area contributed by atoms with Crippen LogP contribution in [0.1, 0.15) is 17.8 Å². The molecular weight excluding hydrogens is 206 g/mol. The summed E-state index contributed by atoms with van der Waals surface area (Å²) >= 11 is 0. The van der Waals surface area contributed by atoms with Crippen LogP contribution >= 0.6 is 0 Å². The summed E-state index contributed by atoms with van der Waals surface area (Å²) in [7, 11) is 3.60. The first-order valence-electron chi connectivity index (χ1n) is 5.50. The molecule has 0 spiro atoms. The number of hydrogen-bond donors (Lipinski definition) is 2. The van der Waals surface area contributed by atoms with Crippen LogP contribution in [-0.4, -0.2) is 41.3 Å². The average Bonchev–Trinajstić information content (AvgIpc) is 2.54. The molecule has 92 valence electrons. The second kappa shape index (κ2) is 6.62. The van der Waals surface area contributed by atoms with Crippen molar-refractivity contribution in [1.82, 2.24) is 15.1 Å². The monoisotopic (exact) mass is 227 g/mol. The first-order valence-corrected chi connectivity index (χ1v) is 5.50. The molecule has 16 heavy (non-hydrogen) atoms. The molecule has 0 aromatic carbocycles. The van der Waals surface area contributed by atoms with E-state index in [1.807, 2.05) is 18.7 Å². The van der Waals surface area contributed by atoms with Crippen LogP contribution in [0.5, 0.6) is 0 Å². The first-order chi connectivity index (χ1) is 7.67. The maximum absolute atomic E-state index is 8.91. The average molecular weight is 227 g/mol. The van der Waals surface area contributed by atoms with Gasteiger partial charge in [0.2, 0.25) is 0 Å². The van der Waals surface area contributed by atoms with Gasteiger partial charge in [-0.2, -0.15) is 5.10 Å². The van der Waals surface area contributed by atoms with Gasteiger partial charge in [-0.05, 0) is 19.4 Å². The third-order valence-corrected chi connectivity index (χ3v) is 2.52. The van der Waals surface area contributed by atoms with Crippen molar-refractivity contribution in [2.75, 3.05) is 20.3 Å². The molecule has 1 atom stereocenters. The number of rotatable bonds is 7. The van der Waals surface area contributed by atoms with Gasteiger partial charge in [-0.15, -0.1) is 0 Å². The molecule has 0 saturated heterocycles. The lowest BCUT2D eigenvalue weighted by molar-refractivity contribution is 0.147. The van der Waals surface area contributed by atoms with Crippen molar-refractivity contribution in [2.45, 2.75) is 25.9 Å². The van der Waals surface area contributed by atoms with Crippen molar-refractivity contribution in [3.63, 3.8) is 0 Å². The molecule has 1 heterocycles. The fourth-order valence-electron chi connectivity index (χ4n) is 1.68. The number of methoxy groups -OCH3 is 1. The van der Waals surface area contributed by atoms with Gasteiger partial charge >= 0.3 is 0 Å². The van der Waals surface area contributed by atoms with Gasteiger partial charge < -0.3 is 15.2 Å². The summed E-state index contributed by atoms with van der Waals surface area (Å²) in [5.41, 5.74) is 2.15. The number of aliphatic hydroxyl groups is 1. The van der Waals surface area contributed by atoms with Crippen LogP contribution in [0.2, 0.25) is 0 Å². The molecule has 0 fully saturated rings. The lowest BCUT2D eigenvalue weighted by Gasteiger charge is -2.16. The molecule has 2 N–H and O–H groups in total. The van der Waals surface area contributed by atoms with Gasteiger partial charge in [0.05, 0.1) is 18.0 Å². The SMILES string of the molecule is COCC(CCO)NCc1cc(C)nn1C. The summed E-state index contributed by atoms with van der Waals surface area (Å²) in [4.78, 5) is 0. The number of ether oxygens (including phenoxy) is 1. The van der Waals surface area contributed by atoms with E-state index in [4.69, 9.17) is 9.84 Å². The third-order valence-electron chi connectivity index (χ3n) is 2.52. The minimum absolute atomic E-state index is 0.172. The van der Waals surface area contributed by atoms with E-state index < -0.39 is 0 Å². The van der Waals surface area contributed by atoms with E-state index in [0.717, 1.165) is 17.9 Å². The molecule has 0 saturated carbocycles. The first kappa shape index (κ1) is 13.2. The Hall–Kier alpha value is -0.910. The van der Waals surface area contributed by atoms with E-state index in [1.54, 1.807) is 7.11 Å². The minimum atomic E-state index is 0.172. The van der Waals surface area contributed by atoms with Crippen LogP contribution < -0.4 is 5.32 Å². The summed E-state index contributed by atoms with van der Waals surface area (Å²) in [5.74, 6) is 0. The van der Waals surface area contributed by atoms with Crippen molar-refractivity contribution in [3.05, 3.63) is 17.5 Å². The van der Waals surface area contributed by atoms with Crippen molar-refractivity contribution in [1.29, 1.82) is 0 Å². The molecule has 0 amide bonds. The molecule has 5 heteroatoms. The summed E-state index contributed by atoms with van der Waals surface area (Å²) in [6.45, 7) is 3.50. The molecule has 1 aromatic rings. The van der Waals surface area contributed by atoms with Crippen LogP contribution in [0, 0.1) is 6.92 Å². The van der Waals surface area contributed by atoms with Crippen LogP contribution in [0.15, 0.2) is 6.07 Å². The number of nitrogens with zero attached hydrogens (tertiary/aromatic N) is 2. The van der Waals surface area contributed by atoms with Gasteiger partial charge in [0, 0.05) is 33.4 Å². The minimum Gasteiger partial charge on any atom is -0.396 e. The summed E-state index contributed by atoms with van der Waals surface area (Å²) in [6.07, 6.45) is 0.699. The van der Waals surface area contributed by atoms with Crippen LogP contribution in [0.25, 0.3) is 0 Å². The van der Waals surface area contributed by atoms with E-state index in [2.05, 4.69) is 16.5 Å². The molecule has 0 aliphatic rings. The zero-order chi connectivity index (χ0) is 12.0. The smallest absolute Gasteiger partial charge is 0.0616 e. The highest BCUT2D eigenvalue weighted by Gasteiger charge is 2.08. The van der Waals surface area contributed by atoms with Crippen molar-refractivity contribution in [3.8, 4) is 0 Å². The van der Waals surface area contributed by atoms with Gasteiger partial charge in [0.15, 0.2) is 0 Å². The van der Waals surface area contributed by atoms with Crippen molar-refractivity contribution < 1.29 is 9.84 Å². The second-order valence-electron chi connectivity index (χ2n) is 3.95. The molecule has 0 bridgehead atoms. The predicted octanol–water partition coefficient (Wildman–Crippen LogP) is 0.216. The Morgan fingerprint density at radius 1 is 1.62 bits per heavy atom. The highest BCUT2D eigenvalue weighted by Crippen LogP contribution is 2.02. The molecule has 0 radical (unpaired) electrons. The van der Waals surface area contributed by atoms with Gasteiger partial charge in [-0.3, -0.25) is 4.68 Å². The number of hydrogen-bond acceptors (Lipinski definition) is 4. The fraction of sp³-hybridized carbons (Fsp3) is 0.727. The number of nitrogens with one attached hydrogen (secondary N) is 1. The lowest BCUT2D eigenvalue weighted by atomic mass is 10.2. The Kier molecular flexibility index (Phi) is 5.45. The van der Waals surface area contributed by atoms with E-state index in [0.29, 0.717) is 13.0 Å².